The Morgan fingerprint density at radius 1 is 0.952 bits per heavy atom. The molecule has 0 aromatic rings. The van der Waals surface area contributed by atoms with Crippen molar-refractivity contribution in [2.45, 2.75) is 51.5 Å². The fourth-order valence-corrected chi connectivity index (χ4v) is 2.70. The molecule has 0 bridgehead atoms. The minimum absolute atomic E-state index is 0.372. The Bertz CT molecular complexity index is 412. The minimum Gasteiger partial charge on any atom is -0.456 e. The van der Waals surface area contributed by atoms with Gasteiger partial charge in [-0.05, 0) is 0 Å². The van der Waals surface area contributed by atoms with Gasteiger partial charge >= 0.3 is 17.9 Å². The second-order valence-electron chi connectivity index (χ2n) is 4.44. The van der Waals surface area contributed by atoms with Crippen molar-refractivity contribution in [3.63, 3.8) is 0 Å². The van der Waals surface area contributed by atoms with Gasteiger partial charge < -0.3 is 24.1 Å². The van der Waals surface area contributed by atoms with Crippen LogP contribution in [0.1, 0.15) is 20.8 Å². The molecule has 0 radical (unpaired) electrons. The quantitative estimate of drug-likeness (QED) is 0.294. The normalized spacial score (nSPS) is 32.1. The van der Waals surface area contributed by atoms with Crippen molar-refractivity contribution in [2.75, 3.05) is 4.43 Å². The van der Waals surface area contributed by atoms with Crippen LogP contribution in [0, 0.1) is 0 Å². The summed E-state index contributed by atoms with van der Waals surface area (Å²) in [5, 5.41) is 9.92. The van der Waals surface area contributed by atoms with E-state index in [1.165, 1.54) is 6.92 Å². The predicted octanol–water partition coefficient (Wildman–Crippen LogP) is -0.0663. The van der Waals surface area contributed by atoms with Gasteiger partial charge in [-0.1, -0.05) is 22.6 Å². The minimum atomic E-state index is -1.48. The Morgan fingerprint density at radius 3 is 1.81 bits per heavy atom. The van der Waals surface area contributed by atoms with Crippen LogP contribution in [-0.4, -0.2) is 58.1 Å². The lowest BCUT2D eigenvalue weighted by molar-refractivity contribution is -0.286. The van der Waals surface area contributed by atoms with Crippen molar-refractivity contribution >= 4 is 40.5 Å². The number of ether oxygens (including phenoxy) is 4. The van der Waals surface area contributed by atoms with E-state index < -0.39 is 48.6 Å². The van der Waals surface area contributed by atoms with Gasteiger partial charge in [0.1, 0.15) is 6.10 Å². The van der Waals surface area contributed by atoms with Crippen LogP contribution in [0.5, 0.6) is 0 Å². The number of carbonyl (C=O) groups excluding carboxylic acids is 3. The Labute approximate surface area is 135 Å². The van der Waals surface area contributed by atoms with Crippen LogP contribution in [0.15, 0.2) is 0 Å². The van der Waals surface area contributed by atoms with E-state index in [1.807, 2.05) is 22.6 Å². The monoisotopic (exact) mass is 416 g/mol. The zero-order valence-electron chi connectivity index (χ0n) is 11.8. The van der Waals surface area contributed by atoms with E-state index >= 15 is 0 Å². The lowest BCUT2D eigenvalue weighted by Gasteiger charge is -2.42. The summed E-state index contributed by atoms with van der Waals surface area (Å²) in [6.45, 7) is 3.50. The molecule has 9 heteroatoms. The van der Waals surface area contributed by atoms with Gasteiger partial charge in [-0.2, -0.15) is 0 Å². The van der Waals surface area contributed by atoms with Gasteiger partial charge in [0.25, 0.3) is 0 Å². The molecule has 1 heterocycles. The highest BCUT2D eigenvalue weighted by atomic mass is 127. The summed E-state index contributed by atoms with van der Waals surface area (Å²) in [7, 11) is 0. The van der Waals surface area contributed by atoms with E-state index in [-0.39, 0.29) is 0 Å². The smallest absolute Gasteiger partial charge is 0.303 e. The number of halogens is 1. The molecule has 8 nitrogen and oxygen atoms in total. The average Bonchev–Trinajstić information content (AvgIpc) is 2.35. The summed E-state index contributed by atoms with van der Waals surface area (Å²) in [5.41, 5.74) is 0. The van der Waals surface area contributed by atoms with E-state index in [1.54, 1.807) is 0 Å². The van der Waals surface area contributed by atoms with E-state index in [9.17, 15) is 19.5 Å². The number of aliphatic hydroxyl groups excluding tert-OH is 1. The first-order valence-corrected chi connectivity index (χ1v) is 7.70. The number of esters is 3. The van der Waals surface area contributed by atoms with E-state index in [0.29, 0.717) is 4.43 Å². The summed E-state index contributed by atoms with van der Waals surface area (Å²) in [4.78, 5) is 33.6. The molecule has 120 valence electrons. The number of aliphatic hydroxyl groups is 1. The molecule has 0 spiro atoms. The first kappa shape index (κ1) is 18.1. The van der Waals surface area contributed by atoms with Crippen LogP contribution < -0.4 is 0 Å². The van der Waals surface area contributed by atoms with Crippen molar-refractivity contribution in [1.29, 1.82) is 0 Å². The molecular weight excluding hydrogens is 399 g/mol. The van der Waals surface area contributed by atoms with Gasteiger partial charge in [-0.15, -0.1) is 0 Å². The van der Waals surface area contributed by atoms with Crippen molar-refractivity contribution in [3.8, 4) is 0 Å². The van der Waals surface area contributed by atoms with Crippen LogP contribution in [0.25, 0.3) is 0 Å². The molecule has 0 amide bonds. The first-order chi connectivity index (χ1) is 9.76. The SMILES string of the molecule is CC(=O)O[C@H]1[C@H](OC(C)=O)[C@H](O)O[C@H](CI)[C@H]1OC(C)=O. The molecule has 1 fully saturated rings. The second kappa shape index (κ2) is 7.90. The van der Waals surface area contributed by atoms with Crippen molar-refractivity contribution in [1.82, 2.24) is 0 Å². The fraction of sp³-hybridized carbons (Fsp3) is 0.750. The van der Waals surface area contributed by atoms with Gasteiger partial charge in [0.2, 0.25) is 0 Å². The lowest BCUT2D eigenvalue weighted by Crippen LogP contribution is -2.61. The lowest BCUT2D eigenvalue weighted by atomic mass is 9.99. The highest BCUT2D eigenvalue weighted by Gasteiger charge is 2.50. The zero-order valence-corrected chi connectivity index (χ0v) is 13.9. The fourth-order valence-electron chi connectivity index (χ4n) is 2.00. The maximum atomic E-state index is 11.2. The van der Waals surface area contributed by atoms with Crippen molar-refractivity contribution in [3.05, 3.63) is 0 Å². The maximum Gasteiger partial charge on any atom is 0.303 e. The predicted molar refractivity (Wildman–Crippen MR) is 76.4 cm³/mol. The van der Waals surface area contributed by atoms with Crippen LogP contribution in [0.4, 0.5) is 0 Å². The molecule has 21 heavy (non-hydrogen) atoms. The zero-order chi connectivity index (χ0) is 16.2. The number of hydrogen-bond donors (Lipinski definition) is 1. The van der Waals surface area contributed by atoms with E-state index in [4.69, 9.17) is 18.9 Å². The number of rotatable bonds is 4. The molecular formula is C12H17IO8. The molecule has 0 aromatic heterocycles. The van der Waals surface area contributed by atoms with Gasteiger partial charge in [-0.25, -0.2) is 0 Å². The Kier molecular flexibility index (Phi) is 6.81. The molecule has 1 N–H and O–H groups in total. The molecule has 5 atom stereocenters. The van der Waals surface area contributed by atoms with Crippen LogP contribution in [0.2, 0.25) is 0 Å². The number of carbonyl (C=O) groups is 3. The topological polar surface area (TPSA) is 108 Å². The Balaban J connectivity index is 3.08. The molecule has 1 rings (SSSR count). The third kappa shape index (κ3) is 5.08. The maximum absolute atomic E-state index is 11.2. The highest BCUT2D eigenvalue weighted by Crippen LogP contribution is 2.28. The molecule has 0 aromatic carbocycles. The second-order valence-corrected chi connectivity index (χ2v) is 5.32. The average molecular weight is 416 g/mol. The van der Waals surface area contributed by atoms with Crippen LogP contribution in [-0.2, 0) is 33.3 Å². The Morgan fingerprint density at radius 2 is 1.38 bits per heavy atom. The molecule has 1 saturated heterocycles. The highest BCUT2D eigenvalue weighted by molar-refractivity contribution is 14.1. The third-order valence-corrected chi connectivity index (χ3v) is 3.54. The first-order valence-electron chi connectivity index (χ1n) is 6.17. The molecule has 0 unspecified atom stereocenters. The largest absolute Gasteiger partial charge is 0.456 e. The molecule has 0 saturated carbocycles. The van der Waals surface area contributed by atoms with Crippen LogP contribution >= 0.6 is 22.6 Å². The molecule has 0 aliphatic carbocycles. The van der Waals surface area contributed by atoms with Crippen LogP contribution in [0.3, 0.4) is 0 Å². The molecule has 1 aliphatic rings. The van der Waals surface area contributed by atoms with Gasteiger partial charge in [0.15, 0.2) is 24.6 Å². The summed E-state index contributed by atoms with van der Waals surface area (Å²) in [6.07, 6.45) is -5.56. The van der Waals surface area contributed by atoms with Gasteiger partial charge in [0.05, 0.1) is 0 Å². The number of hydrogen-bond acceptors (Lipinski definition) is 8. The molecule has 1 aliphatic heterocycles. The van der Waals surface area contributed by atoms with Crippen molar-refractivity contribution < 1.29 is 38.4 Å². The summed E-state index contributed by atoms with van der Waals surface area (Å²) in [5.74, 6) is -1.95. The number of alkyl halides is 1. The third-order valence-electron chi connectivity index (χ3n) is 2.67. The van der Waals surface area contributed by atoms with Gasteiger partial charge in [-0.3, -0.25) is 14.4 Å². The summed E-state index contributed by atoms with van der Waals surface area (Å²) in [6, 6.07) is 0. The van der Waals surface area contributed by atoms with Crippen molar-refractivity contribution in [2.24, 2.45) is 0 Å². The van der Waals surface area contributed by atoms with Gasteiger partial charge in [0, 0.05) is 25.2 Å². The summed E-state index contributed by atoms with van der Waals surface area (Å²) < 4.78 is 20.8. The van der Waals surface area contributed by atoms with E-state index in [2.05, 4.69) is 0 Å². The summed E-state index contributed by atoms with van der Waals surface area (Å²) >= 11 is 1.98. The van der Waals surface area contributed by atoms with E-state index in [0.717, 1.165) is 13.8 Å². The Hall–Kier alpha value is -0.940. The standard InChI is InChI=1S/C12H17IO8/c1-5(14)18-9-8(4-13)21-12(17)11(20-7(3)16)10(9)19-6(2)15/h8-12,17H,4H2,1-3H3/t8-,9-,10-,11+,12-/m1/s1.